The molecule has 0 radical (unpaired) electrons. The molecule has 0 saturated carbocycles. The van der Waals surface area contributed by atoms with E-state index in [1.807, 2.05) is 0 Å². The zero-order valence-electron chi connectivity index (χ0n) is 9.26. The van der Waals surface area contributed by atoms with Crippen LogP contribution in [0.3, 0.4) is 0 Å². The highest BCUT2D eigenvalue weighted by Crippen LogP contribution is 2.33. The summed E-state index contributed by atoms with van der Waals surface area (Å²) in [6.07, 6.45) is -1.69. The van der Waals surface area contributed by atoms with Crippen molar-refractivity contribution in [3.63, 3.8) is 0 Å². The molecule has 1 fully saturated rings. The van der Waals surface area contributed by atoms with Crippen LogP contribution < -0.4 is 10.1 Å². The molecule has 0 amide bonds. The van der Waals surface area contributed by atoms with Crippen molar-refractivity contribution in [2.45, 2.75) is 31.7 Å². The molecule has 1 aromatic rings. The van der Waals surface area contributed by atoms with Gasteiger partial charge in [0.15, 0.2) is 0 Å². The van der Waals surface area contributed by atoms with Gasteiger partial charge in [0.05, 0.1) is 0 Å². The molecule has 0 aromatic heterocycles. The topological polar surface area (TPSA) is 21.3 Å². The van der Waals surface area contributed by atoms with Crippen molar-refractivity contribution in [1.82, 2.24) is 5.32 Å². The van der Waals surface area contributed by atoms with Crippen LogP contribution in [-0.2, 0) is 0 Å². The van der Waals surface area contributed by atoms with E-state index < -0.39 is 6.36 Å². The van der Waals surface area contributed by atoms with Crippen LogP contribution in [0, 0.1) is 0 Å². The predicted molar refractivity (Wildman–Crippen MR) is 57.7 cm³/mol. The molecule has 1 N–H and O–H groups in total. The number of nitrogens with one attached hydrogen (secondary N) is 1. The number of ether oxygens (including phenoxy) is 1. The number of halogens is 3. The van der Waals surface area contributed by atoms with Crippen molar-refractivity contribution >= 4 is 0 Å². The van der Waals surface area contributed by atoms with Crippen LogP contribution in [-0.4, -0.2) is 12.9 Å². The first-order valence-electron chi connectivity index (χ1n) is 5.64. The van der Waals surface area contributed by atoms with Gasteiger partial charge in [-0.3, -0.25) is 0 Å². The van der Waals surface area contributed by atoms with E-state index in [-0.39, 0.29) is 11.8 Å². The lowest BCUT2D eigenvalue weighted by Gasteiger charge is -2.25. The third-order valence-electron chi connectivity index (χ3n) is 2.83. The van der Waals surface area contributed by atoms with Crippen molar-refractivity contribution in [3.05, 3.63) is 29.8 Å². The van der Waals surface area contributed by atoms with E-state index in [9.17, 15) is 13.2 Å². The van der Waals surface area contributed by atoms with Gasteiger partial charge in [-0.1, -0.05) is 24.6 Å². The van der Waals surface area contributed by atoms with Gasteiger partial charge >= 0.3 is 6.36 Å². The highest BCUT2D eigenvalue weighted by molar-refractivity contribution is 5.36. The van der Waals surface area contributed by atoms with Gasteiger partial charge in [0.1, 0.15) is 5.75 Å². The second-order valence-electron chi connectivity index (χ2n) is 4.09. The predicted octanol–water partition coefficient (Wildman–Crippen LogP) is 3.40. The first-order valence-corrected chi connectivity index (χ1v) is 5.64. The summed E-state index contributed by atoms with van der Waals surface area (Å²) < 4.78 is 40.8. The van der Waals surface area contributed by atoms with Gasteiger partial charge in [-0.15, -0.1) is 13.2 Å². The molecule has 1 saturated heterocycles. The first kappa shape index (κ1) is 12.2. The smallest absolute Gasteiger partial charge is 0.405 e. The van der Waals surface area contributed by atoms with Crippen LogP contribution in [0.2, 0.25) is 0 Å². The van der Waals surface area contributed by atoms with Crippen molar-refractivity contribution in [1.29, 1.82) is 0 Å². The molecule has 0 bridgehead atoms. The standard InChI is InChI=1S/C12H14F3NO/c13-12(14,15)17-11-7-2-1-5-9(11)10-6-3-4-8-16-10/h1-2,5,7,10,16H,3-4,6,8H2. The molecule has 1 unspecified atom stereocenters. The van der Waals surface area contributed by atoms with Crippen LogP contribution in [0.4, 0.5) is 13.2 Å². The third-order valence-corrected chi connectivity index (χ3v) is 2.83. The third kappa shape index (κ3) is 3.36. The Labute approximate surface area is 97.8 Å². The number of piperidine rings is 1. The van der Waals surface area contributed by atoms with Gasteiger partial charge in [-0.2, -0.15) is 0 Å². The summed E-state index contributed by atoms with van der Waals surface area (Å²) in [5.74, 6) is -0.0978. The Hall–Kier alpha value is -1.23. The summed E-state index contributed by atoms with van der Waals surface area (Å²) in [5, 5.41) is 3.21. The monoisotopic (exact) mass is 245 g/mol. The van der Waals surface area contributed by atoms with Gasteiger partial charge < -0.3 is 10.1 Å². The van der Waals surface area contributed by atoms with Crippen molar-refractivity contribution in [2.24, 2.45) is 0 Å². The lowest BCUT2D eigenvalue weighted by Crippen LogP contribution is -2.28. The number of benzene rings is 1. The lowest BCUT2D eigenvalue weighted by molar-refractivity contribution is -0.275. The summed E-state index contributed by atoms with van der Waals surface area (Å²) in [5.41, 5.74) is 0.588. The molecule has 2 rings (SSSR count). The SMILES string of the molecule is FC(F)(F)Oc1ccccc1C1CCCCN1. The minimum absolute atomic E-state index is 0.0395. The fourth-order valence-corrected chi connectivity index (χ4v) is 2.10. The number of alkyl halides is 3. The van der Waals surface area contributed by atoms with Crippen molar-refractivity contribution in [3.8, 4) is 5.75 Å². The fraction of sp³-hybridized carbons (Fsp3) is 0.500. The van der Waals surface area contributed by atoms with E-state index in [0.717, 1.165) is 25.8 Å². The molecule has 1 aromatic carbocycles. The average Bonchev–Trinajstić information content (AvgIpc) is 2.29. The number of hydrogen-bond acceptors (Lipinski definition) is 2. The lowest BCUT2D eigenvalue weighted by atomic mass is 9.97. The maximum absolute atomic E-state index is 12.2. The van der Waals surface area contributed by atoms with E-state index >= 15 is 0 Å². The van der Waals surface area contributed by atoms with Crippen LogP contribution >= 0.6 is 0 Å². The molecular formula is C12H14F3NO. The van der Waals surface area contributed by atoms with Gasteiger partial charge in [-0.25, -0.2) is 0 Å². The normalized spacial score (nSPS) is 21.2. The molecule has 1 aliphatic heterocycles. The Bertz CT molecular complexity index is 372. The Balaban J connectivity index is 2.20. The zero-order chi connectivity index (χ0) is 12.3. The highest BCUT2D eigenvalue weighted by atomic mass is 19.4. The van der Waals surface area contributed by atoms with Gasteiger partial charge in [0.25, 0.3) is 0 Å². The second kappa shape index (κ2) is 4.96. The minimum atomic E-state index is -4.63. The molecular weight excluding hydrogens is 231 g/mol. The van der Waals surface area contributed by atoms with Gasteiger partial charge in [0.2, 0.25) is 0 Å². The van der Waals surface area contributed by atoms with Crippen LogP contribution in [0.15, 0.2) is 24.3 Å². The Morgan fingerprint density at radius 3 is 2.59 bits per heavy atom. The Morgan fingerprint density at radius 2 is 1.94 bits per heavy atom. The number of para-hydroxylation sites is 1. The molecule has 5 heteroatoms. The molecule has 17 heavy (non-hydrogen) atoms. The minimum Gasteiger partial charge on any atom is -0.405 e. The zero-order valence-corrected chi connectivity index (χ0v) is 9.26. The fourth-order valence-electron chi connectivity index (χ4n) is 2.10. The highest BCUT2D eigenvalue weighted by Gasteiger charge is 2.33. The van der Waals surface area contributed by atoms with E-state index in [0.29, 0.717) is 5.56 Å². The van der Waals surface area contributed by atoms with Crippen molar-refractivity contribution < 1.29 is 17.9 Å². The molecule has 1 heterocycles. The van der Waals surface area contributed by atoms with Gasteiger partial charge in [-0.05, 0) is 25.5 Å². The summed E-state index contributed by atoms with van der Waals surface area (Å²) in [4.78, 5) is 0. The molecule has 0 aliphatic carbocycles. The van der Waals surface area contributed by atoms with E-state index in [1.165, 1.54) is 6.07 Å². The van der Waals surface area contributed by atoms with Crippen LogP contribution in [0.25, 0.3) is 0 Å². The molecule has 2 nitrogen and oxygen atoms in total. The van der Waals surface area contributed by atoms with Crippen LogP contribution in [0.1, 0.15) is 30.9 Å². The average molecular weight is 245 g/mol. The Morgan fingerprint density at radius 1 is 1.18 bits per heavy atom. The van der Waals surface area contributed by atoms with E-state index in [4.69, 9.17) is 0 Å². The quantitative estimate of drug-likeness (QED) is 0.862. The second-order valence-corrected chi connectivity index (χ2v) is 4.09. The molecule has 94 valence electrons. The summed E-state index contributed by atoms with van der Waals surface area (Å²) in [7, 11) is 0. The number of hydrogen-bond donors (Lipinski definition) is 1. The molecule has 0 spiro atoms. The first-order chi connectivity index (χ1) is 8.06. The molecule has 1 atom stereocenters. The summed E-state index contributed by atoms with van der Waals surface area (Å²) in [6.45, 7) is 0.838. The maximum atomic E-state index is 12.2. The largest absolute Gasteiger partial charge is 0.573 e. The maximum Gasteiger partial charge on any atom is 0.573 e. The number of rotatable bonds is 2. The Kier molecular flexibility index (Phi) is 3.57. The summed E-state index contributed by atoms with van der Waals surface area (Å²) >= 11 is 0. The van der Waals surface area contributed by atoms with Crippen LogP contribution in [0.5, 0.6) is 5.75 Å². The summed E-state index contributed by atoms with van der Waals surface area (Å²) in [6, 6.07) is 6.29. The van der Waals surface area contributed by atoms with E-state index in [2.05, 4.69) is 10.1 Å². The van der Waals surface area contributed by atoms with Gasteiger partial charge in [0, 0.05) is 11.6 Å². The molecule has 1 aliphatic rings. The van der Waals surface area contributed by atoms with Crippen molar-refractivity contribution in [2.75, 3.05) is 6.54 Å². The van der Waals surface area contributed by atoms with E-state index in [1.54, 1.807) is 18.2 Å².